The Balaban J connectivity index is 1.45. The van der Waals surface area contributed by atoms with Gasteiger partial charge in [0.15, 0.2) is 0 Å². The standard InChI is InChI=1S/C23H31F3N6O4S/c1-37(33,34)10-7-27-6-9-36-31-13-18-5-8-32-21(14-29-22(32)11-18)19-3-2-4-20(12-19)30-17-35-16-28-15-23(24,25)26/h2-5,8,11-12,14,27-28,30-31H,6-7,9-10,13,15-17H2,1H3. The van der Waals surface area contributed by atoms with Gasteiger partial charge >= 0.3 is 6.18 Å². The molecule has 0 unspecified atom stereocenters. The van der Waals surface area contributed by atoms with Crippen molar-refractivity contribution >= 4 is 21.2 Å². The van der Waals surface area contributed by atoms with Crippen LogP contribution in [0.1, 0.15) is 5.56 Å². The highest BCUT2D eigenvalue weighted by Crippen LogP contribution is 2.24. The molecule has 0 saturated carbocycles. The van der Waals surface area contributed by atoms with Crippen molar-refractivity contribution < 1.29 is 31.2 Å². The molecule has 0 spiro atoms. The first kappa shape index (κ1) is 28.8. The molecule has 2 heterocycles. The molecule has 0 amide bonds. The molecule has 2 aromatic heterocycles. The van der Waals surface area contributed by atoms with Crippen molar-refractivity contribution in [2.45, 2.75) is 12.7 Å². The van der Waals surface area contributed by atoms with Gasteiger partial charge in [-0.25, -0.2) is 13.4 Å². The molecule has 0 atom stereocenters. The lowest BCUT2D eigenvalue weighted by Crippen LogP contribution is -2.31. The quantitative estimate of drug-likeness (QED) is 0.122. The van der Waals surface area contributed by atoms with Crippen LogP contribution in [0.15, 0.2) is 48.8 Å². The third kappa shape index (κ3) is 10.6. The Morgan fingerprint density at radius 3 is 2.70 bits per heavy atom. The van der Waals surface area contributed by atoms with Crippen LogP contribution in [-0.2, 0) is 26.0 Å². The summed E-state index contributed by atoms with van der Waals surface area (Å²) in [7, 11) is -2.97. The molecule has 204 valence electrons. The van der Waals surface area contributed by atoms with Gasteiger partial charge in [0.25, 0.3) is 0 Å². The molecule has 1 aromatic carbocycles. The number of imidazole rings is 1. The van der Waals surface area contributed by atoms with Gasteiger partial charge in [0.1, 0.15) is 22.2 Å². The highest BCUT2D eigenvalue weighted by Gasteiger charge is 2.25. The van der Waals surface area contributed by atoms with Gasteiger partial charge in [-0.2, -0.15) is 18.7 Å². The summed E-state index contributed by atoms with van der Waals surface area (Å²) in [4.78, 5) is 9.87. The number of anilines is 1. The normalized spacial score (nSPS) is 12.3. The van der Waals surface area contributed by atoms with E-state index in [1.165, 1.54) is 6.26 Å². The van der Waals surface area contributed by atoms with E-state index in [1.807, 2.05) is 47.0 Å². The number of hydroxylamine groups is 1. The minimum absolute atomic E-state index is 0.0522. The molecule has 0 bridgehead atoms. The molecule has 10 nitrogen and oxygen atoms in total. The zero-order valence-electron chi connectivity index (χ0n) is 20.3. The van der Waals surface area contributed by atoms with Gasteiger partial charge in [-0.3, -0.25) is 9.72 Å². The molecule has 0 radical (unpaired) electrons. The molecule has 3 aromatic rings. The second-order valence-corrected chi connectivity index (χ2v) is 10.5. The van der Waals surface area contributed by atoms with Crippen molar-refractivity contribution in [1.82, 2.24) is 25.5 Å². The van der Waals surface area contributed by atoms with Crippen molar-refractivity contribution in [1.29, 1.82) is 0 Å². The highest BCUT2D eigenvalue weighted by molar-refractivity contribution is 7.90. The highest BCUT2D eigenvalue weighted by atomic mass is 32.2. The average Bonchev–Trinajstić information content (AvgIpc) is 3.25. The van der Waals surface area contributed by atoms with Crippen molar-refractivity contribution in [2.75, 3.05) is 57.0 Å². The lowest BCUT2D eigenvalue weighted by molar-refractivity contribution is -0.128. The maximum Gasteiger partial charge on any atom is 0.401 e. The van der Waals surface area contributed by atoms with Crippen LogP contribution in [0.2, 0.25) is 0 Å². The Morgan fingerprint density at radius 2 is 1.92 bits per heavy atom. The van der Waals surface area contributed by atoms with E-state index in [1.54, 1.807) is 6.20 Å². The predicted octanol–water partition coefficient (Wildman–Crippen LogP) is 2.15. The maximum absolute atomic E-state index is 12.1. The van der Waals surface area contributed by atoms with Gasteiger partial charge in [-0.15, -0.1) is 0 Å². The number of sulfone groups is 1. The number of ether oxygens (including phenoxy) is 1. The van der Waals surface area contributed by atoms with Crippen LogP contribution in [0.4, 0.5) is 18.9 Å². The van der Waals surface area contributed by atoms with E-state index in [0.717, 1.165) is 28.2 Å². The lowest BCUT2D eigenvalue weighted by Gasteiger charge is -2.11. The third-order valence-electron chi connectivity index (χ3n) is 5.05. The number of rotatable bonds is 16. The second-order valence-electron chi connectivity index (χ2n) is 8.25. The Hall–Kier alpha value is -2.75. The number of nitrogens with one attached hydrogen (secondary N) is 4. The average molecular weight is 545 g/mol. The lowest BCUT2D eigenvalue weighted by atomic mass is 10.1. The number of pyridine rings is 1. The van der Waals surface area contributed by atoms with Crippen LogP contribution in [0.25, 0.3) is 16.9 Å². The molecule has 37 heavy (non-hydrogen) atoms. The van der Waals surface area contributed by atoms with Crippen LogP contribution >= 0.6 is 0 Å². The van der Waals surface area contributed by atoms with Crippen molar-refractivity contribution in [3.05, 3.63) is 54.4 Å². The van der Waals surface area contributed by atoms with E-state index >= 15 is 0 Å². The van der Waals surface area contributed by atoms with Crippen LogP contribution < -0.4 is 21.4 Å². The van der Waals surface area contributed by atoms with Gasteiger partial charge in [-0.05, 0) is 29.8 Å². The number of halogens is 3. The van der Waals surface area contributed by atoms with Gasteiger partial charge in [0, 0.05) is 43.3 Å². The van der Waals surface area contributed by atoms with Gasteiger partial charge in [0.05, 0.1) is 37.5 Å². The molecular weight excluding hydrogens is 513 g/mol. The SMILES string of the molecule is CS(=O)(=O)CCNCCONCc1ccn2c(-c3cccc(NCOCNCC(F)(F)F)c3)cnc2c1. The molecule has 0 fully saturated rings. The summed E-state index contributed by atoms with van der Waals surface area (Å²) >= 11 is 0. The number of hydrogen-bond acceptors (Lipinski definition) is 9. The topological polar surface area (TPSA) is 118 Å². The number of aromatic nitrogens is 2. The third-order valence-corrected chi connectivity index (χ3v) is 6.00. The van der Waals surface area contributed by atoms with Crippen LogP contribution in [0.3, 0.4) is 0 Å². The fraction of sp³-hybridized carbons (Fsp3) is 0.435. The van der Waals surface area contributed by atoms with E-state index in [-0.39, 0.29) is 19.2 Å². The molecule has 0 aliphatic rings. The van der Waals surface area contributed by atoms with E-state index in [0.29, 0.717) is 26.2 Å². The van der Waals surface area contributed by atoms with E-state index in [4.69, 9.17) is 9.57 Å². The van der Waals surface area contributed by atoms with Crippen molar-refractivity contribution in [3.8, 4) is 11.3 Å². The fourth-order valence-corrected chi connectivity index (χ4v) is 3.81. The largest absolute Gasteiger partial charge is 0.401 e. The van der Waals surface area contributed by atoms with Gasteiger partial charge in [-0.1, -0.05) is 12.1 Å². The van der Waals surface area contributed by atoms with E-state index in [9.17, 15) is 21.6 Å². The molecule has 0 saturated heterocycles. The fourth-order valence-electron chi connectivity index (χ4n) is 3.30. The first-order valence-electron chi connectivity index (χ1n) is 11.5. The molecular formula is C23H31F3N6O4S. The number of fused-ring (bicyclic) bond motifs is 1. The molecule has 4 N–H and O–H groups in total. The van der Waals surface area contributed by atoms with Crippen LogP contribution in [-0.4, -0.2) is 75.7 Å². The summed E-state index contributed by atoms with van der Waals surface area (Å²) in [6.07, 6.45) is 0.609. The summed E-state index contributed by atoms with van der Waals surface area (Å²) in [5.74, 6) is 0.0913. The Kier molecular flexibility index (Phi) is 10.7. The monoisotopic (exact) mass is 544 g/mol. The molecule has 14 heteroatoms. The van der Waals surface area contributed by atoms with Gasteiger partial charge in [0.2, 0.25) is 0 Å². The van der Waals surface area contributed by atoms with E-state index in [2.05, 4.69) is 26.4 Å². The number of alkyl halides is 3. The Labute approximate surface area is 213 Å². The predicted molar refractivity (Wildman–Crippen MR) is 134 cm³/mol. The Bertz CT molecular complexity index is 1240. The second kappa shape index (κ2) is 13.7. The summed E-state index contributed by atoms with van der Waals surface area (Å²) in [6.45, 7) is 0.504. The van der Waals surface area contributed by atoms with Crippen molar-refractivity contribution in [2.24, 2.45) is 0 Å². The number of hydrogen-bond donors (Lipinski definition) is 4. The summed E-state index contributed by atoms with van der Waals surface area (Å²) in [5, 5.41) is 8.20. The van der Waals surface area contributed by atoms with Crippen molar-refractivity contribution in [3.63, 3.8) is 0 Å². The van der Waals surface area contributed by atoms with Gasteiger partial charge < -0.3 is 20.2 Å². The smallest absolute Gasteiger partial charge is 0.363 e. The minimum atomic E-state index is -4.27. The first-order chi connectivity index (χ1) is 17.6. The first-order valence-corrected chi connectivity index (χ1v) is 13.6. The zero-order valence-corrected chi connectivity index (χ0v) is 21.2. The van der Waals surface area contributed by atoms with E-state index < -0.39 is 22.6 Å². The van der Waals surface area contributed by atoms with Crippen LogP contribution in [0.5, 0.6) is 0 Å². The molecule has 0 aliphatic carbocycles. The minimum Gasteiger partial charge on any atom is -0.363 e. The Morgan fingerprint density at radius 1 is 1.08 bits per heavy atom. The number of nitrogens with zero attached hydrogens (tertiary/aromatic N) is 2. The summed E-state index contributed by atoms with van der Waals surface area (Å²) in [6, 6.07) is 11.4. The summed E-state index contributed by atoms with van der Waals surface area (Å²) < 4.78 is 65.6. The zero-order chi connectivity index (χ0) is 26.7. The van der Waals surface area contributed by atoms with Crippen LogP contribution in [0, 0.1) is 0 Å². The molecule has 0 aliphatic heterocycles. The molecule has 3 rings (SSSR count). The summed E-state index contributed by atoms with van der Waals surface area (Å²) in [5.41, 5.74) is 7.16. The number of benzene rings is 1. The maximum atomic E-state index is 12.1.